The molecule has 1 nitrogen and oxygen atoms in total. The van der Waals surface area contributed by atoms with E-state index in [1.807, 2.05) is 25.2 Å². The Labute approximate surface area is 114 Å². The molecule has 0 aliphatic rings. The van der Waals surface area contributed by atoms with Crippen LogP contribution in [0.2, 0.25) is 0 Å². The van der Waals surface area contributed by atoms with Crippen LogP contribution in [0.25, 0.3) is 0 Å². The van der Waals surface area contributed by atoms with Crippen LogP contribution in [0.1, 0.15) is 36.4 Å². The molecule has 2 unspecified atom stereocenters. The maximum atomic E-state index is 13.0. The Morgan fingerprint density at radius 2 is 1.58 bits per heavy atom. The number of hydrogen-bond donors (Lipinski definition) is 1. The highest BCUT2D eigenvalue weighted by atomic mass is 19.1. The molecule has 0 aromatic heterocycles. The van der Waals surface area contributed by atoms with Gasteiger partial charge >= 0.3 is 0 Å². The summed E-state index contributed by atoms with van der Waals surface area (Å²) in [6.45, 7) is 2.19. The van der Waals surface area contributed by atoms with Gasteiger partial charge in [0.05, 0.1) is 0 Å². The van der Waals surface area contributed by atoms with Crippen molar-refractivity contribution in [3.8, 4) is 0 Å². The third-order valence-corrected chi connectivity index (χ3v) is 3.61. The van der Waals surface area contributed by atoms with Crippen molar-refractivity contribution < 1.29 is 4.39 Å². The normalized spacial score (nSPS) is 14.1. The molecule has 0 bridgehead atoms. The summed E-state index contributed by atoms with van der Waals surface area (Å²) in [5, 5.41) is 3.36. The molecule has 19 heavy (non-hydrogen) atoms. The first-order valence-corrected chi connectivity index (χ1v) is 6.74. The van der Waals surface area contributed by atoms with Gasteiger partial charge < -0.3 is 5.32 Å². The lowest BCUT2D eigenvalue weighted by atomic mass is 9.85. The van der Waals surface area contributed by atoms with Gasteiger partial charge in [0.25, 0.3) is 0 Å². The zero-order valence-electron chi connectivity index (χ0n) is 11.4. The van der Waals surface area contributed by atoms with Crippen molar-refractivity contribution in [3.63, 3.8) is 0 Å². The van der Waals surface area contributed by atoms with Gasteiger partial charge in [-0.05, 0) is 36.7 Å². The van der Waals surface area contributed by atoms with E-state index in [-0.39, 0.29) is 11.9 Å². The molecule has 0 aliphatic carbocycles. The van der Waals surface area contributed by atoms with Crippen LogP contribution in [0.4, 0.5) is 4.39 Å². The Balaban J connectivity index is 2.31. The summed E-state index contributed by atoms with van der Waals surface area (Å²) < 4.78 is 13.0. The van der Waals surface area contributed by atoms with Crippen molar-refractivity contribution in [2.24, 2.45) is 0 Å². The van der Waals surface area contributed by atoms with Crippen LogP contribution in [-0.4, -0.2) is 7.05 Å². The summed E-state index contributed by atoms with van der Waals surface area (Å²) in [5.41, 5.74) is 2.44. The van der Waals surface area contributed by atoms with Crippen LogP contribution in [0, 0.1) is 5.82 Å². The molecular weight excluding hydrogens is 237 g/mol. The zero-order valence-corrected chi connectivity index (χ0v) is 11.4. The smallest absolute Gasteiger partial charge is 0.123 e. The fourth-order valence-corrected chi connectivity index (χ4v) is 2.63. The minimum absolute atomic E-state index is 0.189. The minimum atomic E-state index is -0.189. The summed E-state index contributed by atoms with van der Waals surface area (Å²) >= 11 is 0. The van der Waals surface area contributed by atoms with Crippen molar-refractivity contribution in [1.29, 1.82) is 0 Å². The van der Waals surface area contributed by atoms with E-state index in [2.05, 4.69) is 36.5 Å². The van der Waals surface area contributed by atoms with Gasteiger partial charge in [-0.25, -0.2) is 4.39 Å². The molecule has 2 aromatic carbocycles. The van der Waals surface area contributed by atoms with Gasteiger partial charge in [-0.2, -0.15) is 0 Å². The first-order valence-electron chi connectivity index (χ1n) is 6.74. The number of halogens is 1. The average Bonchev–Trinajstić information content (AvgIpc) is 2.47. The number of hydrogen-bond acceptors (Lipinski definition) is 1. The Hall–Kier alpha value is -1.67. The second-order valence-corrected chi connectivity index (χ2v) is 4.74. The molecule has 0 radical (unpaired) electrons. The summed E-state index contributed by atoms with van der Waals surface area (Å²) in [5.74, 6) is 0.197. The van der Waals surface area contributed by atoms with Crippen molar-refractivity contribution in [3.05, 3.63) is 71.5 Å². The summed E-state index contributed by atoms with van der Waals surface area (Å²) in [7, 11) is 1.96. The lowest BCUT2D eigenvalue weighted by molar-refractivity contribution is 0.467. The van der Waals surface area contributed by atoms with Crippen LogP contribution in [-0.2, 0) is 0 Å². The standard InChI is InChI=1S/C17H20FN/c1-3-16(13-7-5-4-6-8-13)17(19-2)14-9-11-15(18)12-10-14/h4-12,16-17,19H,3H2,1-2H3. The predicted octanol–water partition coefficient (Wildman–Crippen LogP) is 4.28. The first kappa shape index (κ1) is 13.8. The van der Waals surface area contributed by atoms with E-state index in [9.17, 15) is 4.39 Å². The first-order chi connectivity index (χ1) is 9.26. The maximum absolute atomic E-state index is 13.0. The van der Waals surface area contributed by atoms with Crippen LogP contribution < -0.4 is 5.32 Å². The summed E-state index contributed by atoms with van der Waals surface area (Å²) in [4.78, 5) is 0. The number of rotatable bonds is 5. The van der Waals surface area contributed by atoms with Gasteiger partial charge in [0.2, 0.25) is 0 Å². The molecular formula is C17H20FN. The third kappa shape index (κ3) is 3.21. The van der Waals surface area contributed by atoms with E-state index in [4.69, 9.17) is 0 Å². The largest absolute Gasteiger partial charge is 0.312 e. The molecule has 0 heterocycles. The Kier molecular flexibility index (Phi) is 4.69. The Morgan fingerprint density at radius 3 is 2.11 bits per heavy atom. The highest BCUT2D eigenvalue weighted by Gasteiger charge is 2.21. The van der Waals surface area contributed by atoms with Crippen molar-refractivity contribution in [1.82, 2.24) is 5.32 Å². The third-order valence-electron chi connectivity index (χ3n) is 3.61. The number of benzene rings is 2. The van der Waals surface area contributed by atoms with E-state index in [0.29, 0.717) is 5.92 Å². The topological polar surface area (TPSA) is 12.0 Å². The van der Waals surface area contributed by atoms with Gasteiger partial charge in [0, 0.05) is 12.0 Å². The molecule has 100 valence electrons. The molecule has 1 N–H and O–H groups in total. The molecule has 0 saturated heterocycles. The van der Waals surface area contributed by atoms with Crippen LogP contribution in [0.3, 0.4) is 0 Å². The fraction of sp³-hybridized carbons (Fsp3) is 0.294. The van der Waals surface area contributed by atoms with Crippen molar-refractivity contribution in [2.75, 3.05) is 7.05 Å². The highest BCUT2D eigenvalue weighted by Crippen LogP contribution is 2.33. The lowest BCUT2D eigenvalue weighted by Gasteiger charge is -2.27. The quantitative estimate of drug-likeness (QED) is 0.843. The Morgan fingerprint density at radius 1 is 0.947 bits per heavy atom. The molecule has 2 heteroatoms. The molecule has 2 atom stereocenters. The molecule has 0 spiro atoms. The predicted molar refractivity (Wildman–Crippen MR) is 77.7 cm³/mol. The average molecular weight is 257 g/mol. The van der Waals surface area contributed by atoms with Crippen LogP contribution >= 0.6 is 0 Å². The number of likely N-dealkylation sites (N-methyl/N-ethyl adjacent to an activating group) is 1. The minimum Gasteiger partial charge on any atom is -0.312 e. The van der Waals surface area contributed by atoms with E-state index in [1.165, 1.54) is 17.7 Å². The van der Waals surface area contributed by atoms with E-state index < -0.39 is 0 Å². The van der Waals surface area contributed by atoms with Crippen LogP contribution in [0.5, 0.6) is 0 Å². The molecule has 0 saturated carbocycles. The van der Waals surface area contributed by atoms with Gasteiger partial charge in [-0.3, -0.25) is 0 Å². The highest BCUT2D eigenvalue weighted by molar-refractivity contribution is 5.28. The lowest BCUT2D eigenvalue weighted by Crippen LogP contribution is -2.23. The van der Waals surface area contributed by atoms with Crippen molar-refractivity contribution >= 4 is 0 Å². The van der Waals surface area contributed by atoms with Crippen molar-refractivity contribution in [2.45, 2.75) is 25.3 Å². The van der Waals surface area contributed by atoms with E-state index in [1.54, 1.807) is 0 Å². The van der Waals surface area contributed by atoms with Gasteiger partial charge in [0.15, 0.2) is 0 Å². The van der Waals surface area contributed by atoms with Crippen LogP contribution in [0.15, 0.2) is 54.6 Å². The van der Waals surface area contributed by atoms with Gasteiger partial charge in [0.1, 0.15) is 5.82 Å². The molecule has 0 fully saturated rings. The molecule has 0 aliphatic heterocycles. The fourth-order valence-electron chi connectivity index (χ4n) is 2.63. The second-order valence-electron chi connectivity index (χ2n) is 4.74. The summed E-state index contributed by atoms with van der Waals surface area (Å²) in [6, 6.07) is 17.4. The van der Waals surface area contributed by atoms with E-state index >= 15 is 0 Å². The summed E-state index contributed by atoms with van der Waals surface area (Å²) in [6.07, 6.45) is 1.03. The SMILES string of the molecule is CCC(c1ccccc1)C(NC)c1ccc(F)cc1. The molecule has 2 aromatic rings. The van der Waals surface area contributed by atoms with Gasteiger partial charge in [-0.1, -0.05) is 49.4 Å². The number of nitrogens with one attached hydrogen (secondary N) is 1. The van der Waals surface area contributed by atoms with Gasteiger partial charge in [-0.15, -0.1) is 0 Å². The second kappa shape index (κ2) is 6.48. The monoisotopic (exact) mass is 257 g/mol. The molecule has 2 rings (SSSR count). The maximum Gasteiger partial charge on any atom is 0.123 e. The zero-order chi connectivity index (χ0) is 13.7. The molecule has 0 amide bonds. The Bertz CT molecular complexity index is 492. The van der Waals surface area contributed by atoms with E-state index in [0.717, 1.165) is 12.0 Å².